The Kier molecular flexibility index (Phi) is 4.17. The van der Waals surface area contributed by atoms with Crippen LogP contribution in [-0.2, 0) is 10.0 Å². The Morgan fingerprint density at radius 2 is 1.79 bits per heavy atom. The molecule has 0 bridgehead atoms. The van der Waals surface area contributed by atoms with E-state index in [-0.39, 0.29) is 0 Å². The van der Waals surface area contributed by atoms with Gasteiger partial charge in [0, 0.05) is 0 Å². The lowest BCUT2D eigenvalue weighted by Gasteiger charge is -2.12. The lowest BCUT2D eigenvalue weighted by Crippen LogP contribution is -2.23. The van der Waals surface area contributed by atoms with E-state index in [2.05, 4.69) is 4.03 Å². The van der Waals surface area contributed by atoms with Gasteiger partial charge in [0.1, 0.15) is 0 Å². The molecule has 1 unspecified atom stereocenters. The van der Waals surface area contributed by atoms with Crippen molar-refractivity contribution >= 4 is 18.2 Å². The van der Waals surface area contributed by atoms with E-state index in [1.807, 2.05) is 0 Å². The third-order valence-corrected chi connectivity index (χ3v) is 5.14. The molecule has 0 fully saturated rings. The molecular formula is C6H14F3NO2SSi. The van der Waals surface area contributed by atoms with Crippen molar-refractivity contribution in [2.24, 2.45) is 4.03 Å². The predicted octanol–water partition coefficient (Wildman–Crippen LogP) is 2.71. The summed E-state index contributed by atoms with van der Waals surface area (Å²) in [6.07, 6.45) is -5.67. The standard InChI is InChI=1S/C6H14F3NO2SSi/c1-14(2,3)10-13(11,12)5-4-6(7,8)9/h4-5H2,1-3H3,(H,10,11,12). The molecule has 14 heavy (non-hydrogen) atoms. The summed E-state index contributed by atoms with van der Waals surface area (Å²) < 4.78 is 59.1. The van der Waals surface area contributed by atoms with Gasteiger partial charge in [0.15, 0.2) is 18.2 Å². The zero-order valence-corrected chi connectivity index (χ0v) is 10.1. The predicted molar refractivity (Wildman–Crippen MR) is 52.1 cm³/mol. The van der Waals surface area contributed by atoms with Crippen LogP contribution in [0.25, 0.3) is 0 Å². The zero-order chi connectivity index (χ0) is 11.6. The molecule has 0 aromatic heterocycles. The van der Waals surface area contributed by atoms with E-state index in [1.54, 1.807) is 19.6 Å². The van der Waals surface area contributed by atoms with Crippen molar-refractivity contribution in [3.63, 3.8) is 0 Å². The number of halogens is 3. The van der Waals surface area contributed by atoms with Crippen molar-refractivity contribution in [2.45, 2.75) is 32.2 Å². The molecule has 86 valence electrons. The average molecular weight is 249 g/mol. The van der Waals surface area contributed by atoms with Gasteiger partial charge >= 0.3 is 6.18 Å². The number of hydrogen-bond acceptors (Lipinski definition) is 2. The van der Waals surface area contributed by atoms with Gasteiger partial charge in [0.25, 0.3) is 0 Å². The van der Waals surface area contributed by atoms with E-state index >= 15 is 0 Å². The Hall–Kier alpha value is -0.0831. The normalized spacial score (nSPS) is 17.6. The van der Waals surface area contributed by atoms with Gasteiger partial charge < -0.3 is 4.55 Å². The summed E-state index contributed by atoms with van der Waals surface area (Å²) in [5.74, 6) is -0.833. The molecule has 8 heteroatoms. The summed E-state index contributed by atoms with van der Waals surface area (Å²) in [6, 6.07) is 0. The van der Waals surface area contributed by atoms with Gasteiger partial charge in [-0.3, -0.25) is 4.03 Å². The minimum Gasteiger partial charge on any atom is -0.301 e. The molecule has 1 N–H and O–H groups in total. The highest BCUT2D eigenvalue weighted by atomic mass is 32.2. The number of alkyl halides is 3. The van der Waals surface area contributed by atoms with E-state index < -0.39 is 36.6 Å². The van der Waals surface area contributed by atoms with Crippen molar-refractivity contribution < 1.29 is 21.9 Å². The first-order valence-corrected chi connectivity index (χ1v) is 9.05. The molecule has 0 saturated carbocycles. The Labute approximate surface area is 82.8 Å². The van der Waals surface area contributed by atoms with Crippen LogP contribution in [0.2, 0.25) is 19.6 Å². The zero-order valence-electron chi connectivity index (χ0n) is 8.26. The molecule has 3 nitrogen and oxygen atoms in total. The number of hydrogen-bond donors (Lipinski definition) is 1. The molecule has 0 radical (unpaired) electrons. The van der Waals surface area contributed by atoms with E-state index in [4.69, 9.17) is 4.55 Å². The molecule has 0 aliphatic carbocycles. The Bertz CT molecular complexity index is 301. The fraction of sp³-hybridized carbons (Fsp3) is 1.00. The summed E-state index contributed by atoms with van der Waals surface area (Å²) in [5.41, 5.74) is 0. The van der Waals surface area contributed by atoms with Gasteiger partial charge in [0.2, 0.25) is 0 Å². The molecule has 0 aliphatic heterocycles. The van der Waals surface area contributed by atoms with Crippen LogP contribution < -0.4 is 0 Å². The highest BCUT2D eigenvalue weighted by molar-refractivity contribution is 7.88. The summed E-state index contributed by atoms with van der Waals surface area (Å²) in [5, 5.41) is 0. The first-order valence-electron chi connectivity index (χ1n) is 3.96. The molecule has 0 aliphatic rings. The second-order valence-corrected chi connectivity index (χ2v) is 10.6. The minimum absolute atomic E-state index is 0.833. The van der Waals surface area contributed by atoms with E-state index in [9.17, 15) is 17.4 Å². The molecule has 0 spiro atoms. The molecule has 0 aromatic carbocycles. The van der Waals surface area contributed by atoms with E-state index in [1.165, 1.54) is 0 Å². The SMILES string of the molecule is C[Si](C)(C)N=S(=O)(O)CCC(F)(F)F. The summed E-state index contributed by atoms with van der Waals surface area (Å²) in [6.45, 7) is 5.07. The van der Waals surface area contributed by atoms with E-state index in [0.717, 1.165) is 0 Å². The summed E-state index contributed by atoms with van der Waals surface area (Å²) in [4.78, 5) is 0. The van der Waals surface area contributed by atoms with Crippen molar-refractivity contribution in [3.05, 3.63) is 0 Å². The highest BCUT2D eigenvalue weighted by Crippen LogP contribution is 2.20. The molecule has 0 saturated heterocycles. The van der Waals surface area contributed by atoms with Gasteiger partial charge in [0.05, 0.1) is 12.2 Å². The highest BCUT2D eigenvalue weighted by Gasteiger charge is 2.29. The van der Waals surface area contributed by atoms with Crippen LogP contribution in [0.1, 0.15) is 6.42 Å². The maximum atomic E-state index is 11.8. The molecule has 0 amide bonds. The smallest absolute Gasteiger partial charge is 0.301 e. The van der Waals surface area contributed by atoms with Crippen LogP contribution in [0.5, 0.6) is 0 Å². The fourth-order valence-corrected chi connectivity index (χ4v) is 5.01. The van der Waals surface area contributed by atoms with Crippen LogP contribution in [0, 0.1) is 0 Å². The first-order chi connectivity index (χ1) is 5.91. The summed E-state index contributed by atoms with van der Waals surface area (Å²) >= 11 is 0. The van der Waals surface area contributed by atoms with Gasteiger partial charge in [-0.25, -0.2) is 4.21 Å². The van der Waals surface area contributed by atoms with Gasteiger partial charge in [-0.1, -0.05) is 0 Å². The van der Waals surface area contributed by atoms with Gasteiger partial charge in [-0.05, 0) is 19.6 Å². The lowest BCUT2D eigenvalue weighted by molar-refractivity contribution is -0.130. The first kappa shape index (κ1) is 13.9. The molecule has 1 atom stereocenters. The van der Waals surface area contributed by atoms with E-state index in [0.29, 0.717) is 0 Å². The summed E-state index contributed by atoms with van der Waals surface area (Å²) in [7, 11) is -5.81. The Balaban J connectivity index is 4.53. The maximum Gasteiger partial charge on any atom is 0.390 e. The molecular weight excluding hydrogens is 235 g/mol. The minimum atomic E-state index is -4.40. The maximum absolute atomic E-state index is 11.8. The van der Waals surface area contributed by atoms with Crippen LogP contribution in [0.4, 0.5) is 13.2 Å². The van der Waals surface area contributed by atoms with Crippen LogP contribution in [0.3, 0.4) is 0 Å². The van der Waals surface area contributed by atoms with Crippen molar-refractivity contribution in [1.29, 1.82) is 0 Å². The molecule has 0 rings (SSSR count). The monoisotopic (exact) mass is 249 g/mol. The van der Waals surface area contributed by atoms with Gasteiger partial charge in [-0.15, -0.1) is 0 Å². The Morgan fingerprint density at radius 1 is 1.36 bits per heavy atom. The van der Waals surface area contributed by atoms with Gasteiger partial charge in [-0.2, -0.15) is 13.2 Å². The average Bonchev–Trinajstić information content (AvgIpc) is 1.76. The lowest BCUT2D eigenvalue weighted by atomic mass is 10.5. The number of rotatable bonds is 3. The third kappa shape index (κ3) is 8.51. The third-order valence-electron chi connectivity index (χ3n) is 1.07. The quantitative estimate of drug-likeness (QED) is 0.782. The van der Waals surface area contributed by atoms with Crippen molar-refractivity contribution in [1.82, 2.24) is 0 Å². The van der Waals surface area contributed by atoms with Crippen molar-refractivity contribution in [3.8, 4) is 0 Å². The van der Waals surface area contributed by atoms with Crippen molar-refractivity contribution in [2.75, 3.05) is 5.75 Å². The molecule has 0 aromatic rings. The topological polar surface area (TPSA) is 49.7 Å². The van der Waals surface area contributed by atoms with Crippen LogP contribution in [-0.4, -0.2) is 28.9 Å². The molecule has 0 heterocycles. The largest absolute Gasteiger partial charge is 0.390 e. The van der Waals surface area contributed by atoms with Crippen LogP contribution >= 0.6 is 0 Å². The fourth-order valence-electron chi connectivity index (χ4n) is 0.722. The van der Waals surface area contributed by atoms with Crippen LogP contribution in [0.15, 0.2) is 4.03 Å². The number of nitrogens with zero attached hydrogens (tertiary/aromatic N) is 1. The second-order valence-electron chi connectivity index (χ2n) is 3.94. The second kappa shape index (κ2) is 4.19. The Morgan fingerprint density at radius 3 is 2.07 bits per heavy atom.